The van der Waals surface area contributed by atoms with E-state index in [0.717, 1.165) is 5.65 Å². The van der Waals surface area contributed by atoms with Crippen LogP contribution in [0.2, 0.25) is 0 Å². The minimum Gasteiger partial charge on any atom is -0.307 e. The van der Waals surface area contributed by atoms with Gasteiger partial charge >= 0.3 is 0 Å². The molecule has 0 N–H and O–H groups in total. The first-order chi connectivity index (χ1) is 4.47. The van der Waals surface area contributed by atoms with Crippen LogP contribution in [0.3, 0.4) is 0 Å². The van der Waals surface area contributed by atoms with Crippen molar-refractivity contribution in [3.8, 4) is 0 Å². The molecule has 0 radical (unpaired) electrons. The third kappa shape index (κ3) is 0.977. The number of nitrogens with zero attached hydrogens (tertiary/aromatic N) is 2. The Morgan fingerprint density at radius 3 is 2.90 bits per heavy atom. The average molecular weight is 155 g/mol. The number of hydrogen-bond acceptors (Lipinski definition) is 1. The number of hydrogen-bond donors (Lipinski definition) is 0. The number of fused-ring (bicyclic) bond motifs is 1. The summed E-state index contributed by atoms with van der Waals surface area (Å²) >= 11 is 0. The summed E-state index contributed by atoms with van der Waals surface area (Å²) in [7, 11) is 0. The topological polar surface area (TPSA) is 17.3 Å². The van der Waals surface area contributed by atoms with Crippen LogP contribution in [0.4, 0.5) is 0 Å². The van der Waals surface area contributed by atoms with E-state index in [4.69, 9.17) is 0 Å². The number of imidazole rings is 1. The van der Waals surface area contributed by atoms with Crippen molar-refractivity contribution in [1.82, 2.24) is 9.38 Å². The number of halogens is 1. The Morgan fingerprint density at radius 1 is 1.20 bits per heavy atom. The first kappa shape index (κ1) is 7.09. The summed E-state index contributed by atoms with van der Waals surface area (Å²) < 4.78 is 1.97. The van der Waals surface area contributed by atoms with Crippen molar-refractivity contribution in [3.05, 3.63) is 36.8 Å². The zero-order chi connectivity index (χ0) is 6.10. The van der Waals surface area contributed by atoms with Crippen molar-refractivity contribution in [2.24, 2.45) is 0 Å². The van der Waals surface area contributed by atoms with Gasteiger partial charge in [0.1, 0.15) is 5.65 Å². The summed E-state index contributed by atoms with van der Waals surface area (Å²) in [6, 6.07) is 5.93. The van der Waals surface area contributed by atoms with Gasteiger partial charge in [-0.2, -0.15) is 0 Å². The van der Waals surface area contributed by atoms with Gasteiger partial charge < -0.3 is 4.40 Å². The molecule has 2 nitrogen and oxygen atoms in total. The van der Waals surface area contributed by atoms with Crippen LogP contribution in [0, 0.1) is 0 Å². The molecule has 52 valence electrons. The molecule has 0 fully saturated rings. The molecule has 2 aromatic heterocycles. The molecule has 0 aliphatic rings. The highest BCUT2D eigenvalue weighted by molar-refractivity contribution is 5.85. The van der Waals surface area contributed by atoms with E-state index >= 15 is 0 Å². The quantitative estimate of drug-likeness (QED) is 0.565. The predicted molar refractivity (Wildman–Crippen MR) is 42.4 cm³/mol. The fourth-order valence-electron chi connectivity index (χ4n) is 0.864. The Morgan fingerprint density at radius 2 is 2.10 bits per heavy atom. The molecule has 0 bridgehead atoms. The molecule has 2 rings (SSSR count). The minimum absolute atomic E-state index is 0. The maximum Gasteiger partial charge on any atom is 0.136 e. The van der Waals surface area contributed by atoms with Gasteiger partial charge in [-0.3, -0.25) is 0 Å². The van der Waals surface area contributed by atoms with Crippen molar-refractivity contribution in [2.45, 2.75) is 0 Å². The normalized spacial score (nSPS) is 9.20. The molecular formula is C7H7ClN2. The van der Waals surface area contributed by atoms with E-state index in [1.54, 1.807) is 6.20 Å². The van der Waals surface area contributed by atoms with Gasteiger partial charge in [-0.05, 0) is 12.1 Å². The van der Waals surface area contributed by atoms with Gasteiger partial charge in [0.25, 0.3) is 0 Å². The fraction of sp³-hybridized carbons (Fsp3) is 0. The van der Waals surface area contributed by atoms with E-state index in [-0.39, 0.29) is 12.4 Å². The lowest BCUT2D eigenvalue weighted by Crippen LogP contribution is -1.77. The van der Waals surface area contributed by atoms with Crippen molar-refractivity contribution < 1.29 is 0 Å². The maximum absolute atomic E-state index is 4.08. The predicted octanol–water partition coefficient (Wildman–Crippen LogP) is 1.76. The van der Waals surface area contributed by atoms with Crippen LogP contribution >= 0.6 is 12.4 Å². The molecule has 0 aromatic carbocycles. The summed E-state index contributed by atoms with van der Waals surface area (Å²) in [6.07, 6.45) is 5.69. The van der Waals surface area contributed by atoms with Crippen LogP contribution in [0.25, 0.3) is 5.65 Å². The monoisotopic (exact) mass is 154 g/mol. The second-order valence-corrected chi connectivity index (χ2v) is 1.89. The Balaban J connectivity index is 0.000000500. The summed E-state index contributed by atoms with van der Waals surface area (Å²) in [5.74, 6) is 0. The molecule has 0 saturated carbocycles. The van der Waals surface area contributed by atoms with Crippen LogP contribution in [0.1, 0.15) is 0 Å². The fourth-order valence-corrected chi connectivity index (χ4v) is 0.864. The van der Waals surface area contributed by atoms with E-state index in [1.165, 1.54) is 0 Å². The Kier molecular flexibility index (Phi) is 1.92. The van der Waals surface area contributed by atoms with Gasteiger partial charge in [0.2, 0.25) is 0 Å². The summed E-state index contributed by atoms with van der Waals surface area (Å²) in [6.45, 7) is 0. The lowest BCUT2D eigenvalue weighted by atomic mass is 10.5. The molecular weight excluding hydrogens is 148 g/mol. The van der Waals surface area contributed by atoms with Gasteiger partial charge in [-0.25, -0.2) is 4.98 Å². The summed E-state index contributed by atoms with van der Waals surface area (Å²) in [5.41, 5.74) is 0.998. The SMILES string of the molecule is Cl.c1ccn2ccnc2c1. The molecule has 0 aliphatic heterocycles. The zero-order valence-corrected chi connectivity index (χ0v) is 6.08. The first-order valence-electron chi connectivity index (χ1n) is 2.84. The Bertz CT molecular complexity index is 286. The first-order valence-corrected chi connectivity index (χ1v) is 2.84. The van der Waals surface area contributed by atoms with Gasteiger partial charge in [0.15, 0.2) is 0 Å². The van der Waals surface area contributed by atoms with Crippen LogP contribution in [0.5, 0.6) is 0 Å². The molecule has 0 aliphatic carbocycles. The second kappa shape index (κ2) is 2.71. The lowest BCUT2D eigenvalue weighted by Gasteiger charge is -1.86. The zero-order valence-electron chi connectivity index (χ0n) is 5.27. The molecule has 0 unspecified atom stereocenters. The van der Waals surface area contributed by atoms with Crippen LogP contribution < -0.4 is 0 Å². The molecule has 3 heteroatoms. The molecule has 2 aromatic rings. The standard InChI is InChI=1S/C7H6N2.ClH/c1-2-5-9-6-4-8-7(9)3-1;/h1-6H;1H. The summed E-state index contributed by atoms with van der Waals surface area (Å²) in [4.78, 5) is 4.08. The number of aromatic nitrogens is 2. The highest BCUT2D eigenvalue weighted by Gasteiger charge is 1.85. The Labute approximate surface area is 64.9 Å². The van der Waals surface area contributed by atoms with E-state index in [1.807, 2.05) is 35.0 Å². The minimum atomic E-state index is 0. The van der Waals surface area contributed by atoms with E-state index < -0.39 is 0 Å². The molecule has 0 saturated heterocycles. The highest BCUT2D eigenvalue weighted by Crippen LogP contribution is 1.96. The van der Waals surface area contributed by atoms with E-state index in [0.29, 0.717) is 0 Å². The molecule has 0 atom stereocenters. The number of rotatable bonds is 0. The molecule has 0 amide bonds. The van der Waals surface area contributed by atoms with Crippen molar-refractivity contribution in [1.29, 1.82) is 0 Å². The maximum atomic E-state index is 4.08. The van der Waals surface area contributed by atoms with Gasteiger partial charge in [0, 0.05) is 18.6 Å². The van der Waals surface area contributed by atoms with Crippen molar-refractivity contribution >= 4 is 18.1 Å². The molecule has 2 heterocycles. The van der Waals surface area contributed by atoms with Gasteiger partial charge in [-0.15, -0.1) is 12.4 Å². The highest BCUT2D eigenvalue weighted by atomic mass is 35.5. The van der Waals surface area contributed by atoms with Crippen LogP contribution in [-0.2, 0) is 0 Å². The second-order valence-electron chi connectivity index (χ2n) is 1.89. The van der Waals surface area contributed by atoms with Crippen LogP contribution in [-0.4, -0.2) is 9.38 Å². The van der Waals surface area contributed by atoms with Crippen molar-refractivity contribution in [2.75, 3.05) is 0 Å². The molecule has 10 heavy (non-hydrogen) atoms. The number of pyridine rings is 1. The lowest BCUT2D eigenvalue weighted by molar-refractivity contribution is 1.19. The average Bonchev–Trinajstić information content (AvgIpc) is 2.33. The van der Waals surface area contributed by atoms with Gasteiger partial charge in [-0.1, -0.05) is 6.07 Å². The third-order valence-corrected chi connectivity index (χ3v) is 1.30. The third-order valence-electron chi connectivity index (χ3n) is 1.30. The Hall–Kier alpha value is -1.02. The van der Waals surface area contributed by atoms with E-state index in [2.05, 4.69) is 4.98 Å². The van der Waals surface area contributed by atoms with Crippen LogP contribution in [0.15, 0.2) is 36.8 Å². The van der Waals surface area contributed by atoms with E-state index in [9.17, 15) is 0 Å². The smallest absolute Gasteiger partial charge is 0.136 e. The molecule has 0 spiro atoms. The van der Waals surface area contributed by atoms with Gasteiger partial charge in [0.05, 0.1) is 0 Å². The summed E-state index contributed by atoms with van der Waals surface area (Å²) in [5, 5.41) is 0. The van der Waals surface area contributed by atoms with Crippen molar-refractivity contribution in [3.63, 3.8) is 0 Å². The largest absolute Gasteiger partial charge is 0.307 e.